The van der Waals surface area contributed by atoms with Gasteiger partial charge in [0.15, 0.2) is 0 Å². The van der Waals surface area contributed by atoms with E-state index in [1.54, 1.807) is 12.1 Å². The first-order chi connectivity index (χ1) is 10.3. The number of hydrogen-bond donors (Lipinski definition) is 1. The van der Waals surface area contributed by atoms with Gasteiger partial charge in [-0.05, 0) is 48.1 Å². The molecule has 22 heavy (non-hydrogen) atoms. The van der Waals surface area contributed by atoms with Gasteiger partial charge in [-0.2, -0.15) is 0 Å². The summed E-state index contributed by atoms with van der Waals surface area (Å²) in [4.78, 5) is 0.294. The van der Waals surface area contributed by atoms with E-state index < -0.39 is 10.0 Å². The highest BCUT2D eigenvalue weighted by molar-refractivity contribution is 7.92. The first kappa shape index (κ1) is 16.6. The van der Waals surface area contributed by atoms with Crippen molar-refractivity contribution in [1.82, 2.24) is 0 Å². The average molecular weight is 317 g/mol. The van der Waals surface area contributed by atoms with Gasteiger partial charge in [-0.15, -0.1) is 0 Å². The van der Waals surface area contributed by atoms with Crippen LogP contribution in [0.2, 0.25) is 0 Å². The van der Waals surface area contributed by atoms with E-state index in [1.807, 2.05) is 44.2 Å². The minimum absolute atomic E-state index is 0.294. The van der Waals surface area contributed by atoms with Crippen LogP contribution in [-0.2, 0) is 16.4 Å². The van der Waals surface area contributed by atoms with E-state index in [2.05, 4.69) is 18.6 Å². The molecule has 0 saturated heterocycles. The van der Waals surface area contributed by atoms with Crippen LogP contribution in [0.3, 0.4) is 0 Å². The summed E-state index contributed by atoms with van der Waals surface area (Å²) < 4.78 is 27.9. The van der Waals surface area contributed by atoms with E-state index in [0.717, 1.165) is 23.1 Å². The molecule has 0 bridgehead atoms. The SMILES string of the molecule is CCc1cccc(C)c1NS(=O)(=O)c1ccc(C(C)C)cc1. The Morgan fingerprint density at radius 3 is 2.23 bits per heavy atom. The third-order valence-electron chi connectivity index (χ3n) is 3.83. The zero-order valence-corrected chi connectivity index (χ0v) is 14.4. The summed E-state index contributed by atoms with van der Waals surface area (Å²) in [6.07, 6.45) is 0.784. The highest BCUT2D eigenvalue weighted by Gasteiger charge is 2.17. The quantitative estimate of drug-likeness (QED) is 0.883. The lowest BCUT2D eigenvalue weighted by atomic mass is 10.0. The number of para-hydroxylation sites is 1. The summed E-state index contributed by atoms with van der Waals surface area (Å²) in [6, 6.07) is 12.9. The second-order valence-corrected chi connectivity index (χ2v) is 7.47. The average Bonchev–Trinajstić information content (AvgIpc) is 2.49. The molecule has 1 N–H and O–H groups in total. The van der Waals surface area contributed by atoms with Gasteiger partial charge in [-0.1, -0.05) is 51.1 Å². The van der Waals surface area contributed by atoms with Crippen molar-refractivity contribution in [3.63, 3.8) is 0 Å². The molecule has 0 radical (unpaired) electrons. The monoisotopic (exact) mass is 317 g/mol. The van der Waals surface area contributed by atoms with Crippen LogP contribution in [0.4, 0.5) is 5.69 Å². The first-order valence-electron chi connectivity index (χ1n) is 7.56. The first-order valence-corrected chi connectivity index (χ1v) is 9.04. The topological polar surface area (TPSA) is 46.2 Å². The van der Waals surface area contributed by atoms with E-state index in [4.69, 9.17) is 0 Å². The summed E-state index contributed by atoms with van der Waals surface area (Å²) >= 11 is 0. The molecule has 2 rings (SSSR count). The highest BCUT2D eigenvalue weighted by atomic mass is 32.2. The molecule has 0 atom stereocenters. The van der Waals surface area contributed by atoms with E-state index >= 15 is 0 Å². The van der Waals surface area contributed by atoms with E-state index in [1.165, 1.54) is 0 Å². The van der Waals surface area contributed by atoms with Gasteiger partial charge in [-0.25, -0.2) is 8.42 Å². The van der Waals surface area contributed by atoms with Crippen molar-refractivity contribution in [2.75, 3.05) is 4.72 Å². The fourth-order valence-electron chi connectivity index (χ4n) is 2.39. The Morgan fingerprint density at radius 2 is 1.68 bits per heavy atom. The molecule has 2 aromatic rings. The maximum Gasteiger partial charge on any atom is 0.261 e. The Balaban J connectivity index is 2.36. The van der Waals surface area contributed by atoms with Gasteiger partial charge in [0.1, 0.15) is 0 Å². The van der Waals surface area contributed by atoms with Crippen molar-refractivity contribution in [2.24, 2.45) is 0 Å². The minimum atomic E-state index is -3.56. The molecule has 0 aromatic heterocycles. The fourth-order valence-corrected chi connectivity index (χ4v) is 3.57. The summed E-state index contributed by atoms with van der Waals surface area (Å²) in [6.45, 7) is 8.11. The zero-order valence-electron chi connectivity index (χ0n) is 13.6. The van der Waals surface area contributed by atoms with E-state index in [9.17, 15) is 8.42 Å². The molecule has 0 aliphatic heterocycles. The Labute approximate surface area is 133 Å². The lowest BCUT2D eigenvalue weighted by Crippen LogP contribution is -2.15. The summed E-state index contributed by atoms with van der Waals surface area (Å²) in [5, 5.41) is 0. The van der Waals surface area contributed by atoms with Gasteiger partial charge in [0.2, 0.25) is 0 Å². The number of benzene rings is 2. The molecule has 0 spiro atoms. The third-order valence-corrected chi connectivity index (χ3v) is 5.20. The number of rotatable bonds is 5. The molecule has 4 heteroatoms. The van der Waals surface area contributed by atoms with Gasteiger partial charge < -0.3 is 0 Å². The molecule has 118 valence electrons. The highest BCUT2D eigenvalue weighted by Crippen LogP contribution is 2.25. The van der Waals surface area contributed by atoms with Crippen LogP contribution in [0.15, 0.2) is 47.4 Å². The molecule has 0 aliphatic rings. The molecule has 0 unspecified atom stereocenters. The zero-order chi connectivity index (χ0) is 16.3. The Bertz CT molecular complexity index is 747. The predicted octanol–water partition coefficient (Wildman–Crippen LogP) is 4.48. The van der Waals surface area contributed by atoms with Crippen molar-refractivity contribution < 1.29 is 8.42 Å². The molecule has 0 amide bonds. The second-order valence-electron chi connectivity index (χ2n) is 5.79. The van der Waals surface area contributed by atoms with Crippen molar-refractivity contribution >= 4 is 15.7 Å². The van der Waals surface area contributed by atoms with Crippen LogP contribution in [0, 0.1) is 6.92 Å². The Morgan fingerprint density at radius 1 is 1.05 bits per heavy atom. The van der Waals surface area contributed by atoms with E-state index in [-0.39, 0.29) is 0 Å². The summed E-state index contributed by atoms with van der Waals surface area (Å²) in [7, 11) is -3.56. The smallest absolute Gasteiger partial charge is 0.261 e. The van der Waals surface area contributed by atoms with Gasteiger partial charge in [-0.3, -0.25) is 4.72 Å². The minimum Gasteiger partial charge on any atom is -0.279 e. The standard InChI is InChI=1S/C18H23NO2S/c1-5-15-8-6-7-14(4)18(15)19-22(20,21)17-11-9-16(10-12-17)13(2)3/h6-13,19H,5H2,1-4H3. The Kier molecular flexibility index (Phi) is 4.91. The van der Waals surface area contributed by atoms with Crippen LogP contribution >= 0.6 is 0 Å². The lowest BCUT2D eigenvalue weighted by molar-refractivity contribution is 0.601. The Hall–Kier alpha value is -1.81. The molecular weight excluding hydrogens is 294 g/mol. The van der Waals surface area contributed by atoms with Crippen LogP contribution < -0.4 is 4.72 Å². The molecule has 2 aromatic carbocycles. The number of hydrogen-bond acceptors (Lipinski definition) is 2. The van der Waals surface area contributed by atoms with Crippen LogP contribution in [0.25, 0.3) is 0 Å². The maximum atomic E-state index is 12.6. The molecular formula is C18H23NO2S. The normalized spacial score (nSPS) is 11.7. The van der Waals surface area contributed by atoms with E-state index in [0.29, 0.717) is 16.5 Å². The number of nitrogens with one attached hydrogen (secondary N) is 1. The number of sulfonamides is 1. The van der Waals surface area contributed by atoms with Crippen molar-refractivity contribution in [1.29, 1.82) is 0 Å². The number of aryl methyl sites for hydroxylation is 2. The summed E-state index contributed by atoms with van der Waals surface area (Å²) in [5.41, 5.74) is 3.76. The predicted molar refractivity (Wildman–Crippen MR) is 91.9 cm³/mol. The number of anilines is 1. The van der Waals surface area contributed by atoms with Gasteiger partial charge >= 0.3 is 0 Å². The largest absolute Gasteiger partial charge is 0.279 e. The van der Waals surface area contributed by atoms with Crippen LogP contribution in [0.1, 0.15) is 43.4 Å². The lowest BCUT2D eigenvalue weighted by Gasteiger charge is -2.15. The second kappa shape index (κ2) is 6.53. The molecule has 0 fully saturated rings. The molecule has 3 nitrogen and oxygen atoms in total. The van der Waals surface area contributed by atoms with Gasteiger partial charge in [0.25, 0.3) is 10.0 Å². The van der Waals surface area contributed by atoms with Crippen LogP contribution in [0.5, 0.6) is 0 Å². The van der Waals surface area contributed by atoms with Gasteiger partial charge in [0, 0.05) is 0 Å². The fraction of sp³-hybridized carbons (Fsp3) is 0.333. The van der Waals surface area contributed by atoms with Crippen molar-refractivity contribution in [3.8, 4) is 0 Å². The van der Waals surface area contributed by atoms with Gasteiger partial charge in [0.05, 0.1) is 10.6 Å². The molecule has 0 aliphatic carbocycles. The summed E-state index contributed by atoms with van der Waals surface area (Å²) in [5.74, 6) is 0.382. The van der Waals surface area contributed by atoms with Crippen molar-refractivity contribution in [2.45, 2.75) is 44.9 Å². The molecule has 0 heterocycles. The van der Waals surface area contributed by atoms with Crippen LogP contribution in [-0.4, -0.2) is 8.42 Å². The third kappa shape index (κ3) is 3.50. The van der Waals surface area contributed by atoms with Crippen molar-refractivity contribution in [3.05, 3.63) is 59.2 Å². The maximum absolute atomic E-state index is 12.6. The molecule has 0 saturated carbocycles.